The topological polar surface area (TPSA) is 81.4 Å². The first-order chi connectivity index (χ1) is 15.9. The van der Waals surface area contributed by atoms with E-state index in [4.69, 9.17) is 32.5 Å². The maximum Gasteiger partial charge on any atom is 0.341 e. The number of aromatic nitrogens is 1. The highest BCUT2D eigenvalue weighted by molar-refractivity contribution is 7.17. The third kappa shape index (κ3) is 4.81. The van der Waals surface area contributed by atoms with Crippen LogP contribution in [0.25, 0.3) is 11.3 Å². The van der Waals surface area contributed by atoms with Crippen molar-refractivity contribution in [2.75, 3.05) is 11.9 Å². The molecule has 1 N–H and O–H groups in total. The number of anilines is 1. The molecule has 3 aromatic rings. The summed E-state index contributed by atoms with van der Waals surface area (Å²) in [5, 5.41) is 8.19. The summed E-state index contributed by atoms with van der Waals surface area (Å²) < 4.78 is 10.8. The normalized spacial score (nSPS) is 13.3. The van der Waals surface area contributed by atoms with Gasteiger partial charge >= 0.3 is 5.97 Å². The zero-order valence-corrected chi connectivity index (χ0v) is 20.8. The Bertz CT molecular complexity index is 1180. The number of nitrogens with zero attached hydrogens (tertiary/aromatic N) is 1. The van der Waals surface area contributed by atoms with E-state index in [9.17, 15) is 9.59 Å². The van der Waals surface area contributed by atoms with Crippen molar-refractivity contribution in [3.8, 4) is 11.3 Å². The largest absolute Gasteiger partial charge is 0.462 e. The summed E-state index contributed by atoms with van der Waals surface area (Å²) in [6.45, 7) is 3.92. The van der Waals surface area contributed by atoms with E-state index in [-0.39, 0.29) is 11.3 Å². The van der Waals surface area contributed by atoms with Crippen LogP contribution in [-0.2, 0) is 17.6 Å². The molecule has 0 fully saturated rings. The zero-order chi connectivity index (χ0) is 23.5. The molecule has 0 unspecified atom stereocenters. The van der Waals surface area contributed by atoms with Crippen molar-refractivity contribution in [2.24, 2.45) is 0 Å². The van der Waals surface area contributed by atoms with Gasteiger partial charge in [0.1, 0.15) is 22.0 Å². The van der Waals surface area contributed by atoms with Crippen LogP contribution in [0.4, 0.5) is 5.00 Å². The zero-order valence-electron chi connectivity index (χ0n) is 18.4. The van der Waals surface area contributed by atoms with E-state index in [1.807, 2.05) is 6.92 Å². The number of hydrogen-bond donors (Lipinski definition) is 1. The van der Waals surface area contributed by atoms with Crippen LogP contribution in [0.1, 0.15) is 69.5 Å². The Labute approximate surface area is 206 Å². The van der Waals surface area contributed by atoms with E-state index in [1.54, 1.807) is 25.1 Å². The molecule has 4 rings (SSSR count). The Morgan fingerprint density at radius 1 is 1.15 bits per heavy atom. The summed E-state index contributed by atoms with van der Waals surface area (Å²) in [6.07, 6.45) is 5.59. The second kappa shape index (κ2) is 10.3. The van der Waals surface area contributed by atoms with Crippen molar-refractivity contribution in [3.05, 3.63) is 55.6 Å². The van der Waals surface area contributed by atoms with Crippen LogP contribution in [0.5, 0.6) is 0 Å². The Kier molecular flexibility index (Phi) is 7.41. The molecule has 0 saturated heterocycles. The third-order valence-electron chi connectivity index (χ3n) is 5.58. The minimum absolute atomic E-state index is 0.224. The van der Waals surface area contributed by atoms with E-state index in [2.05, 4.69) is 10.5 Å². The standard InChI is InChI=1S/C24H24Cl2N2O4S/c1-3-12-31-24(30)19-14-8-5-4-6-11-17(14)33-23(19)27-22(29)18-13(2)32-28-21(18)20-15(25)9-7-10-16(20)26/h7,9-10H,3-6,8,11-12H2,1-2H3,(H,27,29). The SMILES string of the molecule is CCCOC(=O)c1c(NC(=O)c2c(-c3c(Cl)cccc3Cl)noc2C)sc2c1CCCCC2. The lowest BCUT2D eigenvalue weighted by Crippen LogP contribution is -2.16. The molecule has 9 heteroatoms. The molecule has 174 valence electrons. The number of rotatable bonds is 6. The first kappa shape index (κ1) is 23.8. The predicted molar refractivity (Wildman–Crippen MR) is 131 cm³/mol. The van der Waals surface area contributed by atoms with Gasteiger partial charge in [0.25, 0.3) is 5.91 Å². The van der Waals surface area contributed by atoms with Crippen LogP contribution in [0.2, 0.25) is 10.0 Å². The summed E-state index contributed by atoms with van der Waals surface area (Å²) in [5.74, 6) is -0.518. The fraction of sp³-hybridized carbons (Fsp3) is 0.375. The monoisotopic (exact) mass is 506 g/mol. The number of fused-ring (bicyclic) bond motifs is 1. The number of benzene rings is 1. The smallest absolute Gasteiger partial charge is 0.341 e. The second-order valence-corrected chi connectivity index (χ2v) is 9.84. The van der Waals surface area contributed by atoms with Gasteiger partial charge in [-0.3, -0.25) is 4.79 Å². The highest BCUT2D eigenvalue weighted by Gasteiger charge is 2.30. The van der Waals surface area contributed by atoms with Gasteiger partial charge in [0.2, 0.25) is 0 Å². The summed E-state index contributed by atoms with van der Waals surface area (Å²) in [7, 11) is 0. The fourth-order valence-electron chi connectivity index (χ4n) is 4.01. The third-order valence-corrected chi connectivity index (χ3v) is 7.42. The molecule has 2 heterocycles. The lowest BCUT2D eigenvalue weighted by Gasteiger charge is -2.10. The molecule has 0 spiro atoms. The number of ether oxygens (including phenoxy) is 1. The van der Waals surface area contributed by atoms with Crippen molar-refractivity contribution < 1.29 is 18.8 Å². The Hall–Kier alpha value is -2.35. The molecular weight excluding hydrogens is 483 g/mol. The minimum Gasteiger partial charge on any atom is -0.462 e. The van der Waals surface area contributed by atoms with Crippen molar-refractivity contribution in [2.45, 2.75) is 52.4 Å². The van der Waals surface area contributed by atoms with Gasteiger partial charge in [-0.15, -0.1) is 11.3 Å². The first-order valence-corrected chi connectivity index (χ1v) is 12.5. The first-order valence-electron chi connectivity index (χ1n) is 11.0. The number of thiophene rings is 1. The molecule has 2 aromatic heterocycles. The maximum atomic E-state index is 13.4. The van der Waals surface area contributed by atoms with Gasteiger partial charge in [-0.1, -0.05) is 47.8 Å². The quantitative estimate of drug-likeness (QED) is 0.284. The number of carbonyl (C=O) groups is 2. The molecule has 0 aliphatic heterocycles. The average Bonchev–Trinajstić information content (AvgIpc) is 3.23. The van der Waals surface area contributed by atoms with Gasteiger partial charge in [0, 0.05) is 10.4 Å². The van der Waals surface area contributed by atoms with Crippen molar-refractivity contribution in [1.82, 2.24) is 5.16 Å². The van der Waals surface area contributed by atoms with Crippen LogP contribution in [-0.4, -0.2) is 23.6 Å². The van der Waals surface area contributed by atoms with Crippen LogP contribution >= 0.6 is 34.5 Å². The van der Waals surface area contributed by atoms with Gasteiger partial charge in [-0.2, -0.15) is 0 Å². The molecule has 6 nitrogen and oxygen atoms in total. The number of halogens is 2. The van der Waals surface area contributed by atoms with Gasteiger partial charge < -0.3 is 14.6 Å². The molecule has 33 heavy (non-hydrogen) atoms. The molecule has 1 aromatic carbocycles. The number of hydrogen-bond acceptors (Lipinski definition) is 6. The predicted octanol–water partition coefficient (Wildman–Crippen LogP) is 7.11. The fourth-order valence-corrected chi connectivity index (χ4v) is 5.86. The van der Waals surface area contributed by atoms with Crippen LogP contribution in [0.3, 0.4) is 0 Å². The average molecular weight is 507 g/mol. The van der Waals surface area contributed by atoms with Crippen LogP contribution in [0, 0.1) is 6.92 Å². The van der Waals surface area contributed by atoms with Gasteiger partial charge in [0.15, 0.2) is 0 Å². The van der Waals surface area contributed by atoms with Gasteiger partial charge in [-0.25, -0.2) is 4.79 Å². The van der Waals surface area contributed by atoms with Crippen molar-refractivity contribution in [1.29, 1.82) is 0 Å². The van der Waals surface area contributed by atoms with Gasteiger partial charge in [-0.05, 0) is 56.7 Å². The minimum atomic E-state index is -0.444. The molecular formula is C24H24Cl2N2O4S. The number of amides is 1. The molecule has 1 aliphatic carbocycles. The summed E-state index contributed by atoms with van der Waals surface area (Å²) in [6, 6.07) is 5.06. The summed E-state index contributed by atoms with van der Waals surface area (Å²) >= 11 is 14.1. The van der Waals surface area contributed by atoms with Crippen molar-refractivity contribution in [3.63, 3.8) is 0 Å². The van der Waals surface area contributed by atoms with Gasteiger partial charge in [0.05, 0.1) is 22.2 Å². The van der Waals surface area contributed by atoms with E-state index < -0.39 is 11.9 Å². The van der Waals surface area contributed by atoms with Crippen LogP contribution in [0.15, 0.2) is 22.7 Å². The molecule has 0 radical (unpaired) electrons. The number of esters is 1. The summed E-state index contributed by atoms with van der Waals surface area (Å²) in [4.78, 5) is 27.5. The highest BCUT2D eigenvalue weighted by atomic mass is 35.5. The number of nitrogens with one attached hydrogen (secondary N) is 1. The Balaban J connectivity index is 1.73. The van der Waals surface area contributed by atoms with E-state index >= 15 is 0 Å². The Morgan fingerprint density at radius 2 is 1.88 bits per heavy atom. The van der Waals surface area contributed by atoms with E-state index in [1.165, 1.54) is 11.3 Å². The van der Waals surface area contributed by atoms with Crippen molar-refractivity contribution >= 4 is 51.4 Å². The number of carbonyl (C=O) groups excluding carboxylic acids is 2. The maximum absolute atomic E-state index is 13.4. The number of aryl methyl sites for hydroxylation is 2. The molecule has 1 amide bonds. The van der Waals surface area contributed by atoms with Crippen LogP contribution < -0.4 is 5.32 Å². The molecule has 0 bridgehead atoms. The summed E-state index contributed by atoms with van der Waals surface area (Å²) in [5.41, 5.74) is 2.36. The molecule has 0 atom stereocenters. The second-order valence-electron chi connectivity index (χ2n) is 7.92. The van der Waals surface area contributed by atoms with E-state index in [0.717, 1.165) is 49.0 Å². The molecule has 1 aliphatic rings. The molecule has 0 saturated carbocycles. The van der Waals surface area contributed by atoms with E-state index in [0.29, 0.717) is 38.5 Å². The Morgan fingerprint density at radius 3 is 2.61 bits per heavy atom. The lowest BCUT2D eigenvalue weighted by molar-refractivity contribution is 0.0505. The highest BCUT2D eigenvalue weighted by Crippen LogP contribution is 2.40. The lowest BCUT2D eigenvalue weighted by atomic mass is 10.0.